The van der Waals surface area contributed by atoms with Crippen LogP contribution in [-0.2, 0) is 6.18 Å². The number of aromatic nitrogens is 2. The standard InChI is InChI=1S/C12H7F3N2O3/c13-12(14,15)7-3-1-6(2-4-7)9-5-8(11(19)20)10(18)17-16-9/h1-5H,(H,17,18)(H,19,20). The summed E-state index contributed by atoms with van der Waals surface area (Å²) in [6, 6.07) is 5.00. The van der Waals surface area contributed by atoms with Crippen LogP contribution in [0.5, 0.6) is 0 Å². The molecule has 0 saturated carbocycles. The summed E-state index contributed by atoms with van der Waals surface area (Å²) < 4.78 is 37.2. The van der Waals surface area contributed by atoms with E-state index < -0.39 is 28.8 Å². The SMILES string of the molecule is O=C(O)c1cc(-c2ccc(C(F)(F)F)cc2)n[nH]c1=O. The molecular formula is C12H7F3N2O3. The molecule has 1 heterocycles. The number of carboxylic acid groups (broad SMARTS) is 1. The number of carboxylic acids is 1. The minimum Gasteiger partial charge on any atom is -0.477 e. The van der Waals surface area contributed by atoms with Gasteiger partial charge in [0.1, 0.15) is 5.56 Å². The molecule has 1 aromatic heterocycles. The fourth-order valence-corrected chi connectivity index (χ4v) is 1.54. The van der Waals surface area contributed by atoms with Crippen LogP contribution in [0.15, 0.2) is 35.1 Å². The first-order chi connectivity index (χ1) is 9.29. The van der Waals surface area contributed by atoms with E-state index in [1.165, 1.54) is 0 Å². The molecule has 0 spiro atoms. The number of carbonyl (C=O) groups is 1. The van der Waals surface area contributed by atoms with Gasteiger partial charge in [0.05, 0.1) is 11.3 Å². The van der Waals surface area contributed by atoms with Crippen molar-refractivity contribution in [2.45, 2.75) is 6.18 Å². The third kappa shape index (κ3) is 2.68. The Kier molecular flexibility index (Phi) is 3.31. The van der Waals surface area contributed by atoms with Gasteiger partial charge >= 0.3 is 12.1 Å². The summed E-state index contributed by atoms with van der Waals surface area (Å²) in [6.07, 6.45) is -4.46. The number of hydrogen-bond donors (Lipinski definition) is 2. The average molecular weight is 284 g/mol. The smallest absolute Gasteiger partial charge is 0.416 e. The molecule has 5 nitrogen and oxygen atoms in total. The van der Waals surface area contributed by atoms with Gasteiger partial charge in [-0.15, -0.1) is 0 Å². The lowest BCUT2D eigenvalue weighted by Gasteiger charge is -2.07. The Hall–Kier alpha value is -2.64. The Balaban J connectivity index is 2.45. The van der Waals surface area contributed by atoms with Gasteiger partial charge in [0.2, 0.25) is 0 Å². The number of nitrogens with zero attached hydrogens (tertiary/aromatic N) is 1. The Bertz CT molecular complexity index is 705. The lowest BCUT2D eigenvalue weighted by molar-refractivity contribution is -0.137. The van der Waals surface area contributed by atoms with E-state index in [0.717, 1.165) is 30.3 Å². The van der Waals surface area contributed by atoms with E-state index in [4.69, 9.17) is 5.11 Å². The molecule has 0 unspecified atom stereocenters. The molecule has 0 aliphatic carbocycles. The lowest BCUT2D eigenvalue weighted by atomic mass is 10.1. The second-order valence-corrected chi connectivity index (χ2v) is 3.88. The Labute approximate surface area is 109 Å². The molecule has 0 atom stereocenters. The van der Waals surface area contributed by atoms with Gasteiger partial charge in [-0.3, -0.25) is 4.79 Å². The van der Waals surface area contributed by atoms with Crippen molar-refractivity contribution >= 4 is 5.97 Å². The van der Waals surface area contributed by atoms with Crippen LogP contribution in [-0.4, -0.2) is 21.3 Å². The lowest BCUT2D eigenvalue weighted by Crippen LogP contribution is -2.18. The molecule has 0 fully saturated rings. The van der Waals surface area contributed by atoms with Crippen molar-refractivity contribution in [3.05, 3.63) is 51.8 Å². The van der Waals surface area contributed by atoms with Gasteiger partial charge in [-0.2, -0.15) is 18.3 Å². The third-order valence-corrected chi connectivity index (χ3v) is 2.54. The quantitative estimate of drug-likeness (QED) is 0.885. The highest BCUT2D eigenvalue weighted by atomic mass is 19.4. The Morgan fingerprint density at radius 2 is 1.80 bits per heavy atom. The van der Waals surface area contributed by atoms with E-state index in [2.05, 4.69) is 5.10 Å². The van der Waals surface area contributed by atoms with Gasteiger partial charge in [0.15, 0.2) is 0 Å². The van der Waals surface area contributed by atoms with Gasteiger partial charge in [-0.1, -0.05) is 12.1 Å². The van der Waals surface area contributed by atoms with E-state index in [9.17, 15) is 22.8 Å². The number of halogens is 3. The number of nitrogens with one attached hydrogen (secondary N) is 1. The summed E-state index contributed by atoms with van der Waals surface area (Å²) in [5.74, 6) is -1.44. The highest BCUT2D eigenvalue weighted by molar-refractivity contribution is 5.88. The summed E-state index contributed by atoms with van der Waals surface area (Å²) in [6.45, 7) is 0. The van der Waals surface area contributed by atoms with Crippen LogP contribution >= 0.6 is 0 Å². The van der Waals surface area contributed by atoms with Crippen molar-refractivity contribution < 1.29 is 23.1 Å². The normalized spacial score (nSPS) is 11.3. The molecule has 1 aromatic carbocycles. The maximum Gasteiger partial charge on any atom is 0.416 e. The second-order valence-electron chi connectivity index (χ2n) is 3.88. The summed E-state index contributed by atoms with van der Waals surface area (Å²) in [5, 5.41) is 14.4. The van der Waals surface area contributed by atoms with Crippen LogP contribution in [0.1, 0.15) is 15.9 Å². The predicted molar refractivity (Wildman–Crippen MR) is 62.3 cm³/mol. The van der Waals surface area contributed by atoms with Crippen molar-refractivity contribution in [2.24, 2.45) is 0 Å². The summed E-state index contributed by atoms with van der Waals surface area (Å²) >= 11 is 0. The van der Waals surface area contributed by atoms with E-state index >= 15 is 0 Å². The van der Waals surface area contributed by atoms with Crippen molar-refractivity contribution in [1.29, 1.82) is 0 Å². The molecule has 20 heavy (non-hydrogen) atoms. The highest BCUT2D eigenvalue weighted by Crippen LogP contribution is 2.30. The Morgan fingerprint density at radius 3 is 2.30 bits per heavy atom. The van der Waals surface area contributed by atoms with Crippen molar-refractivity contribution in [3.63, 3.8) is 0 Å². The van der Waals surface area contributed by atoms with Gasteiger partial charge in [0.25, 0.3) is 5.56 Å². The van der Waals surface area contributed by atoms with Gasteiger partial charge in [0, 0.05) is 5.56 Å². The van der Waals surface area contributed by atoms with E-state index in [1.54, 1.807) is 0 Å². The van der Waals surface area contributed by atoms with Crippen LogP contribution in [0.2, 0.25) is 0 Å². The molecule has 0 saturated heterocycles. The third-order valence-electron chi connectivity index (χ3n) is 2.54. The van der Waals surface area contributed by atoms with Crippen LogP contribution in [0.25, 0.3) is 11.3 Å². The molecular weight excluding hydrogens is 277 g/mol. The number of benzene rings is 1. The average Bonchev–Trinajstić information content (AvgIpc) is 2.38. The number of alkyl halides is 3. The Morgan fingerprint density at radius 1 is 1.20 bits per heavy atom. The highest BCUT2D eigenvalue weighted by Gasteiger charge is 2.30. The fraction of sp³-hybridized carbons (Fsp3) is 0.0833. The zero-order valence-corrected chi connectivity index (χ0v) is 9.73. The van der Waals surface area contributed by atoms with E-state index in [0.29, 0.717) is 0 Å². The maximum atomic E-state index is 12.4. The van der Waals surface area contributed by atoms with Crippen LogP contribution in [0, 0.1) is 0 Å². The molecule has 2 aromatic rings. The first-order valence-corrected chi connectivity index (χ1v) is 5.29. The molecule has 0 bridgehead atoms. The van der Waals surface area contributed by atoms with Crippen molar-refractivity contribution in [2.75, 3.05) is 0 Å². The number of hydrogen-bond acceptors (Lipinski definition) is 3. The van der Waals surface area contributed by atoms with Crippen LogP contribution in [0.4, 0.5) is 13.2 Å². The number of aromatic amines is 1. The predicted octanol–water partition coefficient (Wildman–Crippen LogP) is 2.15. The first kappa shape index (κ1) is 13.8. The zero-order valence-electron chi connectivity index (χ0n) is 9.73. The summed E-state index contributed by atoms with van der Waals surface area (Å²) in [7, 11) is 0. The molecule has 0 radical (unpaired) electrons. The molecule has 0 aliphatic rings. The largest absolute Gasteiger partial charge is 0.477 e. The van der Waals surface area contributed by atoms with Gasteiger partial charge < -0.3 is 5.11 Å². The minimum absolute atomic E-state index is 0.0655. The van der Waals surface area contributed by atoms with E-state index in [1.807, 2.05) is 5.10 Å². The van der Waals surface area contributed by atoms with Gasteiger partial charge in [-0.25, -0.2) is 9.89 Å². The minimum atomic E-state index is -4.46. The number of H-pyrrole nitrogens is 1. The molecule has 2 rings (SSSR count). The van der Waals surface area contributed by atoms with Crippen molar-refractivity contribution in [1.82, 2.24) is 10.2 Å². The molecule has 2 N–H and O–H groups in total. The van der Waals surface area contributed by atoms with E-state index in [-0.39, 0.29) is 11.3 Å². The molecule has 104 valence electrons. The summed E-state index contributed by atoms with van der Waals surface area (Å²) in [5.41, 5.74) is -1.92. The molecule has 0 amide bonds. The monoisotopic (exact) mass is 284 g/mol. The molecule has 8 heteroatoms. The maximum absolute atomic E-state index is 12.4. The number of rotatable bonds is 2. The fourth-order valence-electron chi connectivity index (χ4n) is 1.54. The van der Waals surface area contributed by atoms with Crippen LogP contribution in [0.3, 0.4) is 0 Å². The number of aromatic carboxylic acids is 1. The second kappa shape index (κ2) is 4.80. The molecule has 0 aliphatic heterocycles. The first-order valence-electron chi connectivity index (χ1n) is 5.29. The van der Waals surface area contributed by atoms with Crippen LogP contribution < -0.4 is 5.56 Å². The van der Waals surface area contributed by atoms with Gasteiger partial charge in [-0.05, 0) is 18.2 Å². The topological polar surface area (TPSA) is 83.0 Å². The zero-order chi connectivity index (χ0) is 14.9. The summed E-state index contributed by atoms with van der Waals surface area (Å²) in [4.78, 5) is 22.0. The van der Waals surface area contributed by atoms with Crippen molar-refractivity contribution in [3.8, 4) is 11.3 Å².